The Labute approximate surface area is 192 Å². The van der Waals surface area contributed by atoms with Gasteiger partial charge in [-0.05, 0) is 62.6 Å². The molecule has 0 aromatic heterocycles. The molecule has 4 nitrogen and oxygen atoms in total. The number of fused-ring (bicyclic) bond motifs is 3. The highest BCUT2D eigenvalue weighted by atomic mass is 19.1. The summed E-state index contributed by atoms with van der Waals surface area (Å²) in [6.45, 7) is 4.96. The number of likely N-dealkylation sites (tertiary alicyclic amines) is 1. The number of para-hydroxylation sites is 1. The zero-order valence-corrected chi connectivity index (χ0v) is 19.2. The smallest absolute Gasteiger partial charge is 0.328 e. The van der Waals surface area contributed by atoms with Crippen LogP contribution in [0, 0.1) is 11.6 Å². The summed E-state index contributed by atoms with van der Waals surface area (Å²) in [6.07, 6.45) is 2.75. The molecule has 0 saturated carbocycles. The Balaban J connectivity index is 1.85. The molecule has 176 valence electrons. The number of hydrogen-bond donors (Lipinski definition) is 1. The van der Waals surface area contributed by atoms with Gasteiger partial charge in [0.25, 0.3) is 0 Å². The number of carboxylic acid groups (broad SMARTS) is 1. The number of carboxylic acids is 1. The van der Waals surface area contributed by atoms with Gasteiger partial charge in [0.05, 0.1) is 12.1 Å². The van der Waals surface area contributed by atoms with Crippen molar-refractivity contribution in [3.05, 3.63) is 70.8 Å². The number of halogens is 3. The van der Waals surface area contributed by atoms with Crippen LogP contribution in [0.15, 0.2) is 42.5 Å². The maximum Gasteiger partial charge on any atom is 0.328 e. The second-order valence-electron chi connectivity index (χ2n) is 9.76. The molecule has 2 aliphatic heterocycles. The Morgan fingerprint density at radius 3 is 2.45 bits per heavy atom. The average Bonchev–Trinajstić information content (AvgIpc) is 2.99. The van der Waals surface area contributed by atoms with Gasteiger partial charge in [-0.1, -0.05) is 18.2 Å². The molecular weight excluding hydrogens is 429 g/mol. The van der Waals surface area contributed by atoms with Crippen LogP contribution in [0.25, 0.3) is 6.08 Å². The second-order valence-corrected chi connectivity index (χ2v) is 9.76. The van der Waals surface area contributed by atoms with Crippen molar-refractivity contribution in [1.82, 2.24) is 4.90 Å². The van der Waals surface area contributed by atoms with E-state index in [4.69, 9.17) is 5.11 Å². The van der Waals surface area contributed by atoms with Gasteiger partial charge in [-0.3, -0.25) is 4.90 Å². The summed E-state index contributed by atoms with van der Waals surface area (Å²) in [5.74, 6) is -2.67. The molecule has 0 aliphatic carbocycles. The first-order valence-corrected chi connectivity index (χ1v) is 11.1. The maximum absolute atomic E-state index is 15.5. The fraction of sp³-hybridized carbons (Fsp3) is 0.423. The fourth-order valence-corrected chi connectivity index (χ4v) is 5.58. The molecule has 0 spiro atoms. The second kappa shape index (κ2) is 8.52. The zero-order valence-electron chi connectivity index (χ0n) is 19.2. The summed E-state index contributed by atoms with van der Waals surface area (Å²) in [5, 5.41) is 8.84. The molecule has 4 atom stereocenters. The average molecular weight is 459 g/mol. The van der Waals surface area contributed by atoms with E-state index in [-0.39, 0.29) is 35.7 Å². The first kappa shape index (κ1) is 23.4. The predicted molar refractivity (Wildman–Crippen MR) is 123 cm³/mol. The van der Waals surface area contributed by atoms with E-state index >= 15 is 8.78 Å². The van der Waals surface area contributed by atoms with Crippen molar-refractivity contribution in [2.45, 2.75) is 56.9 Å². The Morgan fingerprint density at radius 2 is 1.85 bits per heavy atom. The standard InChI is InChI=1S/C26H29F3N2O2/c1-15-11-18-17-7-5-6-8-21(17)30(4)24(18)25(31(15)14-26(2,3)29)23-19(27)12-16(13-20(23)28)9-10-22(32)33/h5-10,12-13,15,18,24-25H,11,14H2,1-4H3,(H,32,33)/b10-9+/t15-,18?,24?,25-/m1/s1. The number of piperidine rings is 1. The van der Waals surface area contributed by atoms with Gasteiger partial charge in [0.1, 0.15) is 17.3 Å². The quantitative estimate of drug-likeness (QED) is 0.597. The molecule has 0 bridgehead atoms. The molecule has 1 N–H and O–H groups in total. The van der Waals surface area contributed by atoms with E-state index in [0.29, 0.717) is 0 Å². The molecule has 1 fully saturated rings. The Morgan fingerprint density at radius 1 is 1.21 bits per heavy atom. The van der Waals surface area contributed by atoms with Crippen molar-refractivity contribution in [1.29, 1.82) is 0 Å². The van der Waals surface area contributed by atoms with Gasteiger partial charge in [0.2, 0.25) is 0 Å². The predicted octanol–water partition coefficient (Wildman–Crippen LogP) is 5.55. The molecule has 33 heavy (non-hydrogen) atoms. The van der Waals surface area contributed by atoms with Gasteiger partial charge in [-0.25, -0.2) is 18.0 Å². The molecule has 2 heterocycles. The Kier molecular flexibility index (Phi) is 6.03. The summed E-state index contributed by atoms with van der Waals surface area (Å²) in [5.41, 5.74) is 0.626. The molecular formula is C26H29F3N2O2. The van der Waals surface area contributed by atoms with Crippen molar-refractivity contribution < 1.29 is 23.1 Å². The molecule has 7 heteroatoms. The molecule has 2 aromatic rings. The summed E-state index contributed by atoms with van der Waals surface area (Å²) in [7, 11) is 1.92. The number of hydrogen-bond acceptors (Lipinski definition) is 3. The van der Waals surface area contributed by atoms with Crippen LogP contribution in [-0.2, 0) is 4.79 Å². The molecule has 2 unspecified atom stereocenters. The SMILES string of the molecule is C[C@@H]1CC2c3ccccc3N(C)C2[C@@H](c2c(F)cc(/C=C/C(=O)O)cc2F)N1CC(C)(C)F. The van der Waals surface area contributed by atoms with E-state index in [1.165, 1.54) is 13.8 Å². The molecule has 2 aliphatic rings. The molecule has 1 saturated heterocycles. The third kappa shape index (κ3) is 4.38. The number of carbonyl (C=O) groups is 1. The van der Waals surface area contributed by atoms with Gasteiger partial charge in [0.15, 0.2) is 0 Å². The normalized spacial score (nSPS) is 25.4. The van der Waals surface area contributed by atoms with Crippen LogP contribution in [0.3, 0.4) is 0 Å². The van der Waals surface area contributed by atoms with Crippen LogP contribution < -0.4 is 4.90 Å². The minimum atomic E-state index is -1.56. The molecule has 2 aromatic carbocycles. The number of benzene rings is 2. The lowest BCUT2D eigenvalue weighted by Gasteiger charge is -2.50. The highest BCUT2D eigenvalue weighted by molar-refractivity contribution is 5.85. The third-order valence-electron chi connectivity index (χ3n) is 6.79. The van der Waals surface area contributed by atoms with Crippen LogP contribution in [0.1, 0.15) is 55.8 Å². The van der Waals surface area contributed by atoms with Crippen molar-refractivity contribution >= 4 is 17.7 Å². The van der Waals surface area contributed by atoms with Crippen LogP contribution in [0.2, 0.25) is 0 Å². The number of rotatable bonds is 5. The number of anilines is 1. The summed E-state index contributed by atoms with van der Waals surface area (Å²) in [4.78, 5) is 14.8. The molecule has 0 radical (unpaired) electrons. The minimum absolute atomic E-state index is 0.0335. The summed E-state index contributed by atoms with van der Waals surface area (Å²) >= 11 is 0. The van der Waals surface area contributed by atoms with Crippen molar-refractivity contribution in [2.24, 2.45) is 0 Å². The highest BCUT2D eigenvalue weighted by Crippen LogP contribution is 2.53. The van der Waals surface area contributed by atoms with E-state index < -0.39 is 29.3 Å². The topological polar surface area (TPSA) is 43.8 Å². The Hall–Kier alpha value is -2.80. The number of aliphatic carboxylic acids is 1. The van der Waals surface area contributed by atoms with Crippen molar-refractivity contribution in [3.63, 3.8) is 0 Å². The van der Waals surface area contributed by atoms with E-state index in [1.807, 2.05) is 37.1 Å². The largest absolute Gasteiger partial charge is 0.478 e. The monoisotopic (exact) mass is 458 g/mol. The fourth-order valence-electron chi connectivity index (χ4n) is 5.58. The van der Waals surface area contributed by atoms with Gasteiger partial charge < -0.3 is 10.0 Å². The van der Waals surface area contributed by atoms with Crippen LogP contribution >= 0.6 is 0 Å². The van der Waals surface area contributed by atoms with Gasteiger partial charge in [-0.15, -0.1) is 0 Å². The van der Waals surface area contributed by atoms with Crippen LogP contribution in [0.5, 0.6) is 0 Å². The lowest BCUT2D eigenvalue weighted by molar-refractivity contribution is -0.131. The van der Waals surface area contributed by atoms with E-state index in [0.717, 1.165) is 42.0 Å². The van der Waals surface area contributed by atoms with E-state index in [9.17, 15) is 9.18 Å². The molecule has 4 rings (SSSR count). The van der Waals surface area contributed by atoms with Crippen LogP contribution in [-0.4, -0.2) is 47.3 Å². The summed E-state index contributed by atoms with van der Waals surface area (Å²) in [6, 6.07) is 9.17. The Bertz CT molecular complexity index is 1070. The van der Waals surface area contributed by atoms with Gasteiger partial charge >= 0.3 is 5.97 Å². The lowest BCUT2D eigenvalue weighted by atomic mass is 9.77. The lowest BCUT2D eigenvalue weighted by Crippen LogP contribution is -2.56. The van der Waals surface area contributed by atoms with Crippen molar-refractivity contribution in [3.8, 4) is 0 Å². The van der Waals surface area contributed by atoms with E-state index in [2.05, 4.69) is 11.0 Å². The first-order chi connectivity index (χ1) is 15.5. The molecule has 0 amide bonds. The number of alkyl halides is 1. The highest BCUT2D eigenvalue weighted by Gasteiger charge is 2.51. The number of likely N-dealkylation sites (N-methyl/N-ethyl adjacent to an activating group) is 1. The number of nitrogens with zero attached hydrogens (tertiary/aromatic N) is 2. The first-order valence-electron chi connectivity index (χ1n) is 11.1. The third-order valence-corrected chi connectivity index (χ3v) is 6.79. The maximum atomic E-state index is 15.5. The van der Waals surface area contributed by atoms with Gasteiger partial charge in [0, 0.05) is 42.9 Å². The zero-order chi connectivity index (χ0) is 24.1. The van der Waals surface area contributed by atoms with Gasteiger partial charge in [-0.2, -0.15) is 0 Å². The van der Waals surface area contributed by atoms with E-state index in [1.54, 1.807) is 0 Å². The summed E-state index contributed by atoms with van der Waals surface area (Å²) < 4.78 is 45.9. The van der Waals surface area contributed by atoms with Crippen molar-refractivity contribution in [2.75, 3.05) is 18.5 Å². The minimum Gasteiger partial charge on any atom is -0.478 e. The van der Waals surface area contributed by atoms with Crippen LogP contribution in [0.4, 0.5) is 18.9 Å².